The summed E-state index contributed by atoms with van der Waals surface area (Å²) in [6.07, 6.45) is 6.66. The highest BCUT2D eigenvalue weighted by atomic mass is 16.4. The molecule has 1 saturated heterocycles. The Bertz CT molecular complexity index is 516. The number of aromatic amines is 1. The molecule has 21 heavy (non-hydrogen) atoms. The number of aliphatic carboxylic acids is 1. The molecule has 1 aromatic rings. The molecule has 3 rings (SSSR count). The van der Waals surface area contributed by atoms with Crippen molar-refractivity contribution in [2.75, 3.05) is 6.54 Å². The van der Waals surface area contributed by atoms with Crippen LogP contribution in [0.25, 0.3) is 0 Å². The number of hydrogen-bond acceptors (Lipinski definition) is 4. The summed E-state index contributed by atoms with van der Waals surface area (Å²) in [5.41, 5.74) is 0.695. The van der Waals surface area contributed by atoms with Gasteiger partial charge in [0.25, 0.3) is 0 Å². The van der Waals surface area contributed by atoms with Crippen molar-refractivity contribution in [2.45, 2.75) is 37.8 Å². The van der Waals surface area contributed by atoms with Gasteiger partial charge < -0.3 is 20.7 Å². The Morgan fingerprint density at radius 1 is 1.48 bits per heavy atom. The van der Waals surface area contributed by atoms with Gasteiger partial charge in [-0.25, -0.2) is 9.78 Å². The minimum absolute atomic E-state index is 0.198. The van der Waals surface area contributed by atoms with E-state index in [0.717, 1.165) is 25.8 Å². The number of nitrogens with zero attached hydrogens (tertiary/aromatic N) is 1. The molecule has 2 fully saturated rings. The average Bonchev–Trinajstić information content (AvgIpc) is 3.14. The number of hydrogen-bond donors (Lipinski definition) is 4. The average molecular weight is 292 g/mol. The van der Waals surface area contributed by atoms with Crippen molar-refractivity contribution in [1.82, 2.24) is 20.6 Å². The van der Waals surface area contributed by atoms with Crippen molar-refractivity contribution in [3.8, 4) is 0 Å². The van der Waals surface area contributed by atoms with Gasteiger partial charge >= 0.3 is 5.97 Å². The van der Waals surface area contributed by atoms with Crippen LogP contribution in [0.1, 0.15) is 25.0 Å². The second-order valence-electron chi connectivity index (χ2n) is 5.92. The lowest BCUT2D eigenvalue weighted by molar-refractivity contribution is -0.142. The molecule has 1 aliphatic heterocycles. The first-order valence-corrected chi connectivity index (χ1v) is 7.39. The Labute approximate surface area is 122 Å². The molecule has 2 aliphatic rings. The normalized spacial score (nSPS) is 29.0. The van der Waals surface area contributed by atoms with Crippen molar-refractivity contribution >= 4 is 11.9 Å². The van der Waals surface area contributed by atoms with E-state index in [9.17, 15) is 14.7 Å². The molecule has 4 unspecified atom stereocenters. The number of carboxylic acid groups (broad SMARTS) is 1. The third kappa shape index (κ3) is 2.92. The van der Waals surface area contributed by atoms with Gasteiger partial charge in [0.2, 0.25) is 5.91 Å². The molecule has 1 aromatic heterocycles. The molecule has 114 valence electrons. The van der Waals surface area contributed by atoms with Gasteiger partial charge in [-0.05, 0) is 31.2 Å². The van der Waals surface area contributed by atoms with Crippen LogP contribution >= 0.6 is 0 Å². The van der Waals surface area contributed by atoms with Gasteiger partial charge in [0.15, 0.2) is 0 Å². The molecule has 0 bridgehead atoms. The van der Waals surface area contributed by atoms with E-state index in [-0.39, 0.29) is 18.4 Å². The number of nitrogens with one attached hydrogen (secondary N) is 3. The number of H-pyrrole nitrogens is 1. The van der Waals surface area contributed by atoms with Gasteiger partial charge in [-0.15, -0.1) is 0 Å². The standard InChI is InChI=1S/C14H20N4O3/c19-13(12-10-3-1-2-8(10)5-16-12)18-11(14(20)21)4-9-6-15-7-17-9/h6-8,10-12,16H,1-5H2,(H,15,17)(H,18,19)(H,20,21). The lowest BCUT2D eigenvalue weighted by atomic mass is 9.93. The fraction of sp³-hybridized carbons (Fsp3) is 0.643. The Hall–Kier alpha value is -1.89. The zero-order valence-corrected chi connectivity index (χ0v) is 11.7. The van der Waals surface area contributed by atoms with E-state index in [4.69, 9.17) is 0 Å². The first-order chi connectivity index (χ1) is 10.1. The quantitative estimate of drug-likeness (QED) is 0.607. The summed E-state index contributed by atoms with van der Waals surface area (Å²) in [7, 11) is 0. The fourth-order valence-electron chi connectivity index (χ4n) is 3.55. The van der Waals surface area contributed by atoms with Crippen molar-refractivity contribution < 1.29 is 14.7 Å². The lowest BCUT2D eigenvalue weighted by Crippen LogP contribution is -2.51. The number of fused-ring (bicyclic) bond motifs is 1. The van der Waals surface area contributed by atoms with Crippen molar-refractivity contribution in [1.29, 1.82) is 0 Å². The summed E-state index contributed by atoms with van der Waals surface area (Å²) in [6.45, 7) is 0.862. The van der Waals surface area contributed by atoms with E-state index in [1.807, 2.05) is 0 Å². The molecule has 1 aliphatic carbocycles. The van der Waals surface area contributed by atoms with E-state index >= 15 is 0 Å². The van der Waals surface area contributed by atoms with E-state index < -0.39 is 12.0 Å². The molecular formula is C14H20N4O3. The summed E-state index contributed by atoms with van der Waals surface area (Å²) in [4.78, 5) is 30.4. The topological polar surface area (TPSA) is 107 Å². The van der Waals surface area contributed by atoms with Gasteiger partial charge in [0.1, 0.15) is 6.04 Å². The maximum absolute atomic E-state index is 12.4. The van der Waals surface area contributed by atoms with Crippen LogP contribution in [0.3, 0.4) is 0 Å². The SMILES string of the molecule is O=C(O)C(Cc1cnc[nH]1)NC(=O)C1NCC2CCCC21. The van der Waals surface area contributed by atoms with Crippen LogP contribution in [-0.2, 0) is 16.0 Å². The number of aromatic nitrogens is 2. The van der Waals surface area contributed by atoms with E-state index in [2.05, 4.69) is 20.6 Å². The molecule has 7 nitrogen and oxygen atoms in total. The third-order valence-electron chi connectivity index (χ3n) is 4.62. The molecular weight excluding hydrogens is 272 g/mol. The number of amides is 1. The Kier molecular flexibility index (Phi) is 3.92. The first kappa shape index (κ1) is 14.1. The van der Waals surface area contributed by atoms with Gasteiger partial charge in [0, 0.05) is 18.3 Å². The highest BCUT2D eigenvalue weighted by Gasteiger charge is 2.43. The Morgan fingerprint density at radius 2 is 2.33 bits per heavy atom. The second-order valence-corrected chi connectivity index (χ2v) is 5.92. The maximum Gasteiger partial charge on any atom is 0.326 e. The highest BCUT2D eigenvalue weighted by molar-refractivity contribution is 5.87. The lowest BCUT2D eigenvalue weighted by Gasteiger charge is -2.21. The fourth-order valence-corrected chi connectivity index (χ4v) is 3.55. The molecule has 2 heterocycles. The molecule has 1 amide bonds. The third-order valence-corrected chi connectivity index (χ3v) is 4.62. The zero-order chi connectivity index (χ0) is 14.8. The number of imidazole rings is 1. The molecule has 4 N–H and O–H groups in total. The predicted octanol–water partition coefficient (Wildman–Crippen LogP) is -0.0903. The minimum Gasteiger partial charge on any atom is -0.480 e. The molecule has 1 saturated carbocycles. The monoisotopic (exact) mass is 292 g/mol. The van der Waals surface area contributed by atoms with E-state index in [1.165, 1.54) is 6.33 Å². The summed E-state index contributed by atoms with van der Waals surface area (Å²) in [5, 5.41) is 15.2. The van der Waals surface area contributed by atoms with Crippen molar-refractivity contribution in [3.05, 3.63) is 18.2 Å². The van der Waals surface area contributed by atoms with Crippen LogP contribution < -0.4 is 10.6 Å². The molecule has 0 aromatic carbocycles. The number of carbonyl (C=O) groups excluding carboxylic acids is 1. The van der Waals surface area contributed by atoms with Gasteiger partial charge in [-0.3, -0.25) is 4.79 Å². The first-order valence-electron chi connectivity index (χ1n) is 7.39. The molecule has 0 spiro atoms. The predicted molar refractivity (Wildman–Crippen MR) is 74.5 cm³/mol. The van der Waals surface area contributed by atoms with Crippen LogP contribution in [0.5, 0.6) is 0 Å². The van der Waals surface area contributed by atoms with Crippen LogP contribution in [0.2, 0.25) is 0 Å². The maximum atomic E-state index is 12.4. The summed E-state index contributed by atoms with van der Waals surface area (Å²) < 4.78 is 0. The van der Waals surface area contributed by atoms with Crippen LogP contribution in [-0.4, -0.2) is 45.6 Å². The number of rotatable bonds is 5. The van der Waals surface area contributed by atoms with Crippen molar-refractivity contribution in [3.63, 3.8) is 0 Å². The van der Waals surface area contributed by atoms with E-state index in [1.54, 1.807) is 6.20 Å². The number of carbonyl (C=O) groups is 2. The van der Waals surface area contributed by atoms with E-state index in [0.29, 0.717) is 17.5 Å². The van der Waals surface area contributed by atoms with Crippen LogP contribution in [0.15, 0.2) is 12.5 Å². The number of carboxylic acids is 1. The second kappa shape index (κ2) is 5.85. The van der Waals surface area contributed by atoms with Gasteiger partial charge in [0.05, 0.1) is 12.4 Å². The van der Waals surface area contributed by atoms with Gasteiger partial charge in [-0.1, -0.05) is 6.42 Å². The van der Waals surface area contributed by atoms with Crippen LogP contribution in [0, 0.1) is 11.8 Å². The highest BCUT2D eigenvalue weighted by Crippen LogP contribution is 2.37. The summed E-state index contributed by atoms with van der Waals surface area (Å²) >= 11 is 0. The Balaban J connectivity index is 1.62. The molecule has 4 atom stereocenters. The Morgan fingerprint density at radius 3 is 3.05 bits per heavy atom. The molecule has 0 radical (unpaired) electrons. The van der Waals surface area contributed by atoms with Crippen LogP contribution in [0.4, 0.5) is 0 Å². The smallest absolute Gasteiger partial charge is 0.326 e. The summed E-state index contributed by atoms with van der Waals surface area (Å²) in [5.74, 6) is -0.307. The largest absolute Gasteiger partial charge is 0.480 e. The van der Waals surface area contributed by atoms with Crippen molar-refractivity contribution in [2.24, 2.45) is 11.8 Å². The molecule has 7 heteroatoms. The summed E-state index contributed by atoms with van der Waals surface area (Å²) in [6, 6.07) is -1.18. The zero-order valence-electron chi connectivity index (χ0n) is 11.7. The van der Waals surface area contributed by atoms with Gasteiger partial charge in [-0.2, -0.15) is 0 Å². The minimum atomic E-state index is -1.03.